The van der Waals surface area contributed by atoms with E-state index < -0.39 is 15.8 Å². The van der Waals surface area contributed by atoms with Crippen LogP contribution in [0.3, 0.4) is 0 Å². The largest absolute Gasteiger partial charge is 0.419 e. The maximum absolute atomic E-state index is 12.4. The lowest BCUT2D eigenvalue weighted by molar-refractivity contribution is 0.114. The number of aromatic nitrogens is 1. The van der Waals surface area contributed by atoms with Crippen molar-refractivity contribution >= 4 is 32.7 Å². The number of aryl methyl sites for hydroxylation is 1. The molecule has 2 heterocycles. The maximum Gasteiger partial charge on any atom is 0.419 e. The first kappa shape index (κ1) is 15.5. The molecule has 0 saturated carbocycles. The first-order valence-electron chi connectivity index (χ1n) is 6.79. The molecule has 9 heteroatoms. The summed E-state index contributed by atoms with van der Waals surface area (Å²) in [5.74, 6) is -0.576. The topological polar surface area (TPSA) is 90.5 Å². The molecule has 1 aliphatic rings. The molecule has 22 heavy (non-hydrogen) atoms. The third kappa shape index (κ3) is 2.79. The van der Waals surface area contributed by atoms with Gasteiger partial charge in [0.15, 0.2) is 5.58 Å². The number of oxazole rings is 1. The molecule has 0 bridgehead atoms. The van der Waals surface area contributed by atoms with Crippen LogP contribution < -0.4 is 10.5 Å². The van der Waals surface area contributed by atoms with Crippen molar-refractivity contribution < 1.29 is 17.6 Å². The minimum absolute atomic E-state index is 0.0312. The molecule has 3 rings (SSSR count). The van der Waals surface area contributed by atoms with Crippen LogP contribution in [-0.2, 0) is 21.8 Å². The van der Waals surface area contributed by atoms with Crippen molar-refractivity contribution in [2.75, 3.05) is 13.2 Å². The summed E-state index contributed by atoms with van der Waals surface area (Å²) in [7, 11) is -2.28. The molecule has 120 valence electrons. The Hall–Kier alpha value is -1.35. The van der Waals surface area contributed by atoms with Crippen molar-refractivity contribution in [1.29, 1.82) is 0 Å². The fourth-order valence-electron chi connectivity index (χ4n) is 2.42. The van der Waals surface area contributed by atoms with Gasteiger partial charge in [0.25, 0.3) is 0 Å². The average molecular weight is 347 g/mol. The number of halogens is 1. The summed E-state index contributed by atoms with van der Waals surface area (Å²) in [5.41, 5.74) is 0.613. The SMILES string of the molecule is Cn1c(=O)oc2cc(S(=O)(=O)NC[C@H]3CCCO3)c(Cl)cc21. The Labute approximate surface area is 131 Å². The van der Waals surface area contributed by atoms with Crippen LogP contribution in [0.4, 0.5) is 0 Å². The summed E-state index contributed by atoms with van der Waals surface area (Å²) in [4.78, 5) is 11.4. The molecule has 0 spiro atoms. The average Bonchev–Trinajstić information content (AvgIpc) is 3.07. The number of benzene rings is 1. The molecule has 0 radical (unpaired) electrons. The van der Waals surface area contributed by atoms with E-state index in [1.807, 2.05) is 0 Å². The molecule has 1 fully saturated rings. The van der Waals surface area contributed by atoms with Gasteiger partial charge in [0, 0.05) is 26.3 Å². The highest BCUT2D eigenvalue weighted by molar-refractivity contribution is 7.89. The maximum atomic E-state index is 12.4. The van der Waals surface area contributed by atoms with Crippen molar-refractivity contribution in [2.24, 2.45) is 7.05 Å². The number of sulfonamides is 1. The Morgan fingerprint density at radius 3 is 2.91 bits per heavy atom. The molecule has 1 atom stereocenters. The van der Waals surface area contributed by atoms with Crippen LogP contribution in [0.2, 0.25) is 5.02 Å². The van der Waals surface area contributed by atoms with Gasteiger partial charge in [-0.3, -0.25) is 4.57 Å². The standard InChI is InChI=1S/C13H15ClN2O5S/c1-16-10-5-9(14)12(6-11(10)21-13(16)17)22(18,19)15-7-8-3-2-4-20-8/h5-6,8,15H,2-4,7H2,1H3/t8-/m1/s1. The van der Waals surface area contributed by atoms with Crippen LogP contribution in [0.25, 0.3) is 11.1 Å². The summed E-state index contributed by atoms with van der Waals surface area (Å²) in [6, 6.07) is 2.67. The van der Waals surface area contributed by atoms with Gasteiger partial charge in [-0.05, 0) is 18.9 Å². The summed E-state index contributed by atoms with van der Waals surface area (Å²) < 4.78 is 38.9. The van der Waals surface area contributed by atoms with E-state index in [-0.39, 0.29) is 28.1 Å². The van der Waals surface area contributed by atoms with Gasteiger partial charge in [0.1, 0.15) is 4.90 Å². The van der Waals surface area contributed by atoms with Gasteiger partial charge in [-0.1, -0.05) is 11.6 Å². The van der Waals surface area contributed by atoms with Crippen molar-refractivity contribution in [1.82, 2.24) is 9.29 Å². The molecule has 7 nitrogen and oxygen atoms in total. The van der Waals surface area contributed by atoms with Gasteiger partial charge >= 0.3 is 5.76 Å². The van der Waals surface area contributed by atoms with Crippen molar-refractivity contribution in [3.63, 3.8) is 0 Å². The zero-order valence-electron chi connectivity index (χ0n) is 11.8. The highest BCUT2D eigenvalue weighted by Gasteiger charge is 2.23. The third-order valence-corrected chi connectivity index (χ3v) is 5.55. The number of nitrogens with one attached hydrogen (secondary N) is 1. The van der Waals surface area contributed by atoms with Gasteiger partial charge < -0.3 is 9.15 Å². The molecule has 2 aromatic rings. The second kappa shape index (κ2) is 5.69. The van der Waals surface area contributed by atoms with E-state index in [4.69, 9.17) is 20.8 Å². The Kier molecular flexibility index (Phi) is 4.02. The van der Waals surface area contributed by atoms with E-state index in [1.165, 1.54) is 23.7 Å². The minimum atomic E-state index is -3.81. The number of fused-ring (bicyclic) bond motifs is 1. The minimum Gasteiger partial charge on any atom is -0.408 e. The van der Waals surface area contributed by atoms with Crippen LogP contribution in [0.5, 0.6) is 0 Å². The van der Waals surface area contributed by atoms with Crippen LogP contribution in [-0.4, -0.2) is 32.2 Å². The normalized spacial score (nSPS) is 19.1. The Morgan fingerprint density at radius 1 is 1.45 bits per heavy atom. The molecular formula is C13H15ClN2O5S. The molecule has 1 aromatic carbocycles. The molecular weight excluding hydrogens is 332 g/mol. The highest BCUT2D eigenvalue weighted by Crippen LogP contribution is 2.27. The highest BCUT2D eigenvalue weighted by atomic mass is 35.5. The van der Waals surface area contributed by atoms with Crippen LogP contribution >= 0.6 is 11.6 Å². The predicted molar refractivity (Wildman–Crippen MR) is 80.6 cm³/mol. The fourth-order valence-corrected chi connectivity index (χ4v) is 4.02. The first-order valence-corrected chi connectivity index (χ1v) is 8.65. The molecule has 1 N–H and O–H groups in total. The van der Waals surface area contributed by atoms with Crippen LogP contribution in [0.15, 0.2) is 26.2 Å². The van der Waals surface area contributed by atoms with E-state index in [1.54, 1.807) is 0 Å². The second-order valence-corrected chi connectivity index (χ2v) is 7.31. The predicted octanol–water partition coefficient (Wildman–Crippen LogP) is 1.24. The number of rotatable bonds is 4. The van der Waals surface area contributed by atoms with E-state index in [2.05, 4.69) is 4.72 Å². The number of nitrogens with zero attached hydrogens (tertiary/aromatic N) is 1. The number of hydrogen-bond acceptors (Lipinski definition) is 5. The van der Waals surface area contributed by atoms with E-state index >= 15 is 0 Å². The smallest absolute Gasteiger partial charge is 0.408 e. The summed E-state index contributed by atoms with van der Waals surface area (Å²) in [6.45, 7) is 0.837. The van der Waals surface area contributed by atoms with E-state index in [0.717, 1.165) is 12.8 Å². The zero-order chi connectivity index (χ0) is 15.9. The van der Waals surface area contributed by atoms with Gasteiger partial charge in [-0.2, -0.15) is 0 Å². The zero-order valence-corrected chi connectivity index (χ0v) is 13.4. The Morgan fingerprint density at radius 2 is 2.23 bits per heavy atom. The molecule has 1 aliphatic heterocycles. The van der Waals surface area contributed by atoms with Gasteiger partial charge in [0.05, 0.1) is 16.6 Å². The van der Waals surface area contributed by atoms with Crippen LogP contribution in [0.1, 0.15) is 12.8 Å². The number of ether oxygens (including phenoxy) is 1. The van der Waals surface area contributed by atoms with E-state index in [9.17, 15) is 13.2 Å². The molecule has 0 aliphatic carbocycles. The van der Waals surface area contributed by atoms with E-state index in [0.29, 0.717) is 12.1 Å². The molecule has 1 saturated heterocycles. The lowest BCUT2D eigenvalue weighted by Crippen LogP contribution is -2.32. The van der Waals surface area contributed by atoms with Crippen molar-refractivity contribution in [2.45, 2.75) is 23.8 Å². The quantitative estimate of drug-likeness (QED) is 0.899. The molecule has 0 amide bonds. The summed E-state index contributed by atoms with van der Waals surface area (Å²) >= 11 is 6.06. The lowest BCUT2D eigenvalue weighted by atomic mass is 10.2. The van der Waals surface area contributed by atoms with Crippen molar-refractivity contribution in [3.8, 4) is 0 Å². The Balaban J connectivity index is 1.93. The van der Waals surface area contributed by atoms with Crippen molar-refractivity contribution in [3.05, 3.63) is 27.7 Å². The Bertz CT molecular complexity index is 864. The van der Waals surface area contributed by atoms with Gasteiger partial charge in [-0.15, -0.1) is 0 Å². The number of hydrogen-bond donors (Lipinski definition) is 1. The second-order valence-electron chi connectivity index (χ2n) is 5.16. The van der Waals surface area contributed by atoms with Crippen LogP contribution in [0, 0.1) is 0 Å². The summed E-state index contributed by atoms with van der Waals surface area (Å²) in [5, 5.41) is 0.0312. The summed E-state index contributed by atoms with van der Waals surface area (Å²) in [6.07, 6.45) is 1.63. The molecule has 0 unspecified atom stereocenters. The van der Waals surface area contributed by atoms with Gasteiger partial charge in [-0.25, -0.2) is 17.9 Å². The first-order chi connectivity index (χ1) is 10.4. The van der Waals surface area contributed by atoms with Gasteiger partial charge in [0.2, 0.25) is 10.0 Å². The monoisotopic (exact) mass is 346 g/mol. The fraction of sp³-hybridized carbons (Fsp3) is 0.462. The lowest BCUT2D eigenvalue weighted by Gasteiger charge is -2.12. The third-order valence-electron chi connectivity index (χ3n) is 3.66. The molecule has 1 aromatic heterocycles.